The molecule has 0 radical (unpaired) electrons. The van der Waals surface area contributed by atoms with Gasteiger partial charge in [0.1, 0.15) is 5.70 Å². The van der Waals surface area contributed by atoms with E-state index in [0.717, 1.165) is 0 Å². The molecule has 1 aliphatic rings. The molecule has 5 nitrogen and oxygen atoms in total. The van der Waals surface area contributed by atoms with Crippen LogP contribution in [0.1, 0.15) is 15.9 Å². The maximum atomic E-state index is 11.6. The van der Waals surface area contributed by atoms with Crippen molar-refractivity contribution in [1.82, 2.24) is 10.6 Å². The van der Waals surface area contributed by atoms with Crippen molar-refractivity contribution >= 4 is 35.3 Å². The molecule has 1 saturated heterocycles. The minimum absolute atomic E-state index is 0.252. The van der Waals surface area contributed by atoms with Crippen LogP contribution in [0.3, 0.4) is 0 Å². The zero-order valence-electron chi connectivity index (χ0n) is 9.52. The Bertz CT molecular complexity index is 566. The van der Waals surface area contributed by atoms with Crippen LogP contribution in [0.15, 0.2) is 30.0 Å². The van der Waals surface area contributed by atoms with E-state index in [0.29, 0.717) is 16.8 Å². The summed E-state index contributed by atoms with van der Waals surface area (Å²) in [6.45, 7) is 0. The minimum atomic E-state index is -0.455. The topological polar surface area (TPSA) is 67.4 Å². The standard InChI is InChI=1S/C12H10N2O3S/c1-17-11(16)8-5-3-2-4-7(8)6-9-10(15)14-12(18)13-9/h2-6H,1H3,(H2,13,14,15,18)/b9-6-. The van der Waals surface area contributed by atoms with Crippen LogP contribution in [0.5, 0.6) is 0 Å². The SMILES string of the molecule is COC(=O)c1ccccc1/C=C1\NC(=S)NC1=O. The number of nitrogens with one attached hydrogen (secondary N) is 2. The lowest BCUT2D eigenvalue weighted by atomic mass is 10.1. The molecule has 0 unspecified atom stereocenters. The fraction of sp³-hybridized carbons (Fsp3) is 0.0833. The smallest absolute Gasteiger partial charge is 0.338 e. The van der Waals surface area contributed by atoms with Crippen LogP contribution in [-0.2, 0) is 9.53 Å². The molecule has 1 heterocycles. The molecule has 1 aliphatic heterocycles. The predicted octanol–water partition coefficient (Wildman–Crippen LogP) is 0.818. The zero-order valence-corrected chi connectivity index (χ0v) is 10.3. The average molecular weight is 262 g/mol. The van der Waals surface area contributed by atoms with E-state index in [2.05, 4.69) is 15.4 Å². The largest absolute Gasteiger partial charge is 0.465 e. The van der Waals surface area contributed by atoms with Crippen molar-refractivity contribution in [3.8, 4) is 0 Å². The number of rotatable bonds is 2. The molecule has 0 saturated carbocycles. The van der Waals surface area contributed by atoms with E-state index in [1.165, 1.54) is 7.11 Å². The van der Waals surface area contributed by atoms with E-state index in [1.54, 1.807) is 30.3 Å². The second-order valence-corrected chi connectivity index (χ2v) is 3.95. The van der Waals surface area contributed by atoms with Crippen LogP contribution < -0.4 is 10.6 Å². The molecule has 0 bridgehead atoms. The Hall–Kier alpha value is -2.21. The van der Waals surface area contributed by atoms with Gasteiger partial charge in [0.05, 0.1) is 12.7 Å². The van der Waals surface area contributed by atoms with Gasteiger partial charge in [-0.3, -0.25) is 10.1 Å². The van der Waals surface area contributed by atoms with Gasteiger partial charge in [-0.25, -0.2) is 4.79 Å². The maximum absolute atomic E-state index is 11.6. The van der Waals surface area contributed by atoms with Gasteiger partial charge in [-0.1, -0.05) is 18.2 Å². The highest BCUT2D eigenvalue weighted by atomic mass is 32.1. The van der Waals surface area contributed by atoms with E-state index >= 15 is 0 Å². The highest BCUT2D eigenvalue weighted by Crippen LogP contribution is 2.14. The van der Waals surface area contributed by atoms with Gasteiger partial charge in [0.2, 0.25) is 0 Å². The zero-order chi connectivity index (χ0) is 13.1. The molecule has 0 aliphatic carbocycles. The summed E-state index contributed by atoms with van der Waals surface area (Å²) < 4.78 is 4.67. The Morgan fingerprint density at radius 2 is 2.06 bits per heavy atom. The quantitative estimate of drug-likeness (QED) is 0.469. The summed E-state index contributed by atoms with van der Waals surface area (Å²) >= 11 is 4.82. The minimum Gasteiger partial charge on any atom is -0.465 e. The molecule has 1 aromatic carbocycles. The van der Waals surface area contributed by atoms with E-state index in [-0.39, 0.29) is 11.0 Å². The van der Waals surface area contributed by atoms with E-state index in [4.69, 9.17) is 12.2 Å². The number of methoxy groups -OCH3 is 1. The molecule has 0 aromatic heterocycles. The van der Waals surface area contributed by atoms with Gasteiger partial charge < -0.3 is 10.1 Å². The first kappa shape index (κ1) is 12.3. The molecular formula is C12H10N2O3S. The molecule has 92 valence electrons. The number of amides is 1. The lowest BCUT2D eigenvalue weighted by Crippen LogP contribution is -2.21. The fourth-order valence-electron chi connectivity index (χ4n) is 1.56. The van der Waals surface area contributed by atoms with Crippen LogP contribution in [0.25, 0.3) is 6.08 Å². The number of thiocarbonyl (C=S) groups is 1. The summed E-state index contributed by atoms with van der Waals surface area (Å²) in [5.74, 6) is -0.775. The Kier molecular flexibility index (Phi) is 3.38. The first-order chi connectivity index (χ1) is 8.61. The van der Waals surface area contributed by atoms with Gasteiger partial charge >= 0.3 is 5.97 Å². The molecule has 1 fully saturated rings. The van der Waals surface area contributed by atoms with Crippen LogP contribution in [0, 0.1) is 0 Å². The molecule has 2 rings (SSSR count). The monoisotopic (exact) mass is 262 g/mol. The van der Waals surface area contributed by atoms with Crippen LogP contribution >= 0.6 is 12.2 Å². The summed E-state index contributed by atoms with van der Waals surface area (Å²) in [6.07, 6.45) is 1.56. The van der Waals surface area contributed by atoms with Crippen LogP contribution in [0.2, 0.25) is 0 Å². The summed E-state index contributed by atoms with van der Waals surface area (Å²) in [5.41, 5.74) is 1.28. The summed E-state index contributed by atoms with van der Waals surface area (Å²) in [4.78, 5) is 23.0. The molecule has 0 spiro atoms. The van der Waals surface area contributed by atoms with Crippen molar-refractivity contribution in [3.63, 3.8) is 0 Å². The number of esters is 1. The van der Waals surface area contributed by atoms with Crippen molar-refractivity contribution in [2.24, 2.45) is 0 Å². The van der Waals surface area contributed by atoms with Crippen molar-refractivity contribution in [3.05, 3.63) is 41.1 Å². The van der Waals surface area contributed by atoms with Crippen molar-refractivity contribution < 1.29 is 14.3 Å². The lowest BCUT2D eigenvalue weighted by molar-refractivity contribution is -0.115. The normalized spacial score (nSPS) is 16.4. The van der Waals surface area contributed by atoms with E-state index in [1.807, 2.05) is 0 Å². The fourth-order valence-corrected chi connectivity index (χ4v) is 1.76. The molecule has 1 aromatic rings. The number of carbonyl (C=O) groups excluding carboxylic acids is 2. The van der Waals surface area contributed by atoms with Gasteiger partial charge in [-0.05, 0) is 29.9 Å². The Balaban J connectivity index is 2.40. The average Bonchev–Trinajstić information content (AvgIpc) is 2.67. The third-order valence-corrected chi connectivity index (χ3v) is 2.59. The van der Waals surface area contributed by atoms with Gasteiger partial charge in [-0.15, -0.1) is 0 Å². The number of ether oxygens (including phenoxy) is 1. The summed E-state index contributed by atoms with van der Waals surface area (Å²) in [6, 6.07) is 6.84. The second-order valence-electron chi connectivity index (χ2n) is 3.55. The Morgan fingerprint density at radius 3 is 2.67 bits per heavy atom. The van der Waals surface area contributed by atoms with Crippen molar-refractivity contribution in [2.75, 3.05) is 7.11 Å². The molecule has 0 atom stereocenters. The highest BCUT2D eigenvalue weighted by molar-refractivity contribution is 7.80. The number of carbonyl (C=O) groups is 2. The molecular weight excluding hydrogens is 252 g/mol. The number of hydrogen-bond donors (Lipinski definition) is 2. The maximum Gasteiger partial charge on any atom is 0.338 e. The molecule has 6 heteroatoms. The number of hydrogen-bond acceptors (Lipinski definition) is 4. The van der Waals surface area contributed by atoms with Gasteiger partial charge in [0.25, 0.3) is 5.91 Å². The summed E-state index contributed by atoms with van der Waals surface area (Å²) in [5, 5.41) is 5.41. The van der Waals surface area contributed by atoms with Gasteiger partial charge in [-0.2, -0.15) is 0 Å². The summed E-state index contributed by atoms with van der Waals surface area (Å²) in [7, 11) is 1.31. The van der Waals surface area contributed by atoms with Gasteiger partial charge in [0.15, 0.2) is 5.11 Å². The van der Waals surface area contributed by atoms with E-state index in [9.17, 15) is 9.59 Å². The number of benzene rings is 1. The third-order valence-electron chi connectivity index (χ3n) is 2.39. The van der Waals surface area contributed by atoms with Crippen LogP contribution in [0.4, 0.5) is 0 Å². The molecule has 1 amide bonds. The molecule has 18 heavy (non-hydrogen) atoms. The first-order valence-corrected chi connectivity index (χ1v) is 5.54. The Labute approximate surface area is 109 Å². The van der Waals surface area contributed by atoms with Gasteiger partial charge in [0, 0.05) is 0 Å². The Morgan fingerprint density at radius 1 is 1.33 bits per heavy atom. The first-order valence-electron chi connectivity index (χ1n) is 5.13. The predicted molar refractivity (Wildman–Crippen MR) is 69.6 cm³/mol. The van der Waals surface area contributed by atoms with Crippen molar-refractivity contribution in [2.45, 2.75) is 0 Å². The highest BCUT2D eigenvalue weighted by Gasteiger charge is 2.21. The van der Waals surface area contributed by atoms with E-state index < -0.39 is 5.97 Å². The molecule has 2 N–H and O–H groups in total. The lowest BCUT2D eigenvalue weighted by Gasteiger charge is -2.04. The van der Waals surface area contributed by atoms with Crippen molar-refractivity contribution in [1.29, 1.82) is 0 Å². The third kappa shape index (κ3) is 2.38. The second kappa shape index (κ2) is 4.97. The van der Waals surface area contributed by atoms with Crippen LogP contribution in [-0.4, -0.2) is 24.1 Å².